The van der Waals surface area contributed by atoms with E-state index in [0.717, 1.165) is 11.8 Å². The molecule has 0 saturated heterocycles. The fourth-order valence-electron chi connectivity index (χ4n) is 1.95. The lowest BCUT2D eigenvalue weighted by molar-refractivity contribution is -0.684. The Morgan fingerprint density at radius 3 is 2.82 bits per heavy atom. The monoisotopic (exact) mass is 348 g/mol. The molecule has 3 rings (SSSR count). The van der Waals surface area contributed by atoms with E-state index in [1.54, 1.807) is 12.1 Å². The molecular formula is C12H10ClF3N5S+. The van der Waals surface area contributed by atoms with E-state index >= 15 is 0 Å². The fraction of sp³-hybridized carbons (Fsp3) is 0.250. The molecule has 2 aliphatic rings. The molecule has 22 heavy (non-hydrogen) atoms. The van der Waals surface area contributed by atoms with Crippen LogP contribution in [0.1, 0.15) is 11.8 Å². The van der Waals surface area contributed by atoms with E-state index < -0.39 is 16.3 Å². The van der Waals surface area contributed by atoms with Crippen LogP contribution in [0, 0.1) is 0 Å². The van der Waals surface area contributed by atoms with Crippen molar-refractivity contribution in [1.82, 2.24) is 5.32 Å². The van der Waals surface area contributed by atoms with E-state index in [-0.39, 0.29) is 11.8 Å². The maximum atomic E-state index is 12.9. The summed E-state index contributed by atoms with van der Waals surface area (Å²) >= 11 is 7.73. The van der Waals surface area contributed by atoms with Gasteiger partial charge in [0, 0.05) is 8.99 Å². The van der Waals surface area contributed by atoms with E-state index in [1.165, 1.54) is 23.9 Å². The number of alkyl halides is 3. The zero-order valence-corrected chi connectivity index (χ0v) is 12.7. The summed E-state index contributed by atoms with van der Waals surface area (Å²) in [6.07, 6.45) is -1.79. The highest BCUT2D eigenvalue weighted by Crippen LogP contribution is 2.37. The van der Waals surface area contributed by atoms with Crippen molar-refractivity contribution in [1.29, 1.82) is 0 Å². The zero-order valence-electron chi connectivity index (χ0n) is 11.2. The minimum absolute atomic E-state index is 0.0800. The Kier molecular flexibility index (Phi) is 3.58. The molecule has 1 aromatic rings. The van der Waals surface area contributed by atoms with Crippen LogP contribution in [0.25, 0.3) is 5.57 Å². The third kappa shape index (κ3) is 2.44. The molecule has 1 unspecified atom stereocenters. The van der Waals surface area contributed by atoms with Gasteiger partial charge in [0.25, 0.3) is 5.82 Å². The Morgan fingerprint density at radius 1 is 1.41 bits per heavy atom. The van der Waals surface area contributed by atoms with Gasteiger partial charge in [0.05, 0.1) is 11.8 Å². The van der Waals surface area contributed by atoms with Crippen LogP contribution in [0.4, 0.5) is 13.2 Å². The van der Waals surface area contributed by atoms with E-state index in [9.17, 15) is 13.2 Å². The quantitative estimate of drug-likeness (QED) is 0.837. The van der Waals surface area contributed by atoms with Crippen LogP contribution >= 0.6 is 23.1 Å². The van der Waals surface area contributed by atoms with Crippen LogP contribution in [-0.4, -0.2) is 34.8 Å². The Labute approximate surface area is 132 Å². The first-order valence-corrected chi connectivity index (χ1v) is 7.41. The first kappa shape index (κ1) is 15.2. The van der Waals surface area contributed by atoms with E-state index in [4.69, 9.17) is 11.8 Å². The molecule has 0 amide bonds. The molecule has 116 valence electrons. The number of quaternary nitrogens is 1. The van der Waals surface area contributed by atoms with Gasteiger partial charge in [-0.25, -0.2) is 0 Å². The van der Waals surface area contributed by atoms with Crippen LogP contribution in [0.3, 0.4) is 0 Å². The van der Waals surface area contributed by atoms with Crippen molar-refractivity contribution in [3.05, 3.63) is 28.2 Å². The number of hydrogen-bond donors (Lipinski definition) is 1. The van der Waals surface area contributed by atoms with Gasteiger partial charge in [-0.1, -0.05) is 6.07 Å². The second-order valence-electron chi connectivity index (χ2n) is 4.62. The van der Waals surface area contributed by atoms with Crippen LogP contribution in [-0.2, 0) is 0 Å². The SMILES string of the molecule is C[C@@H](NC1=C(c2cccs2)C=NC2=NC=N[N+]21Cl)C(F)(F)F. The summed E-state index contributed by atoms with van der Waals surface area (Å²) in [6.45, 7) is 1.02. The van der Waals surface area contributed by atoms with Crippen molar-refractivity contribution in [3.8, 4) is 0 Å². The van der Waals surface area contributed by atoms with Crippen LogP contribution in [0.5, 0.6) is 0 Å². The molecule has 1 N–H and O–H groups in total. The number of nitrogens with zero attached hydrogens (tertiary/aromatic N) is 4. The standard InChI is InChI=1S/C12H10ClF3N5S/c1-7(12(14,15)16)20-10-8(9-3-2-4-22-9)5-17-11-18-6-19-21(10,11)13/h2-7,20H,1H3/q+1/t7-,21?/m1/s1. The molecule has 0 saturated carbocycles. The molecule has 0 spiro atoms. The molecule has 0 bridgehead atoms. The Morgan fingerprint density at radius 2 is 2.18 bits per heavy atom. The smallest absolute Gasteiger partial charge is 0.325 e. The van der Waals surface area contributed by atoms with Crippen molar-refractivity contribution < 1.29 is 17.3 Å². The normalized spacial score (nSPS) is 25.2. The molecule has 0 fully saturated rings. The third-order valence-corrected chi connectivity index (χ3v) is 4.45. The highest BCUT2D eigenvalue weighted by Gasteiger charge is 2.50. The van der Waals surface area contributed by atoms with Gasteiger partial charge in [0.1, 0.15) is 6.04 Å². The first-order chi connectivity index (χ1) is 10.3. The summed E-state index contributed by atoms with van der Waals surface area (Å²) in [5, 5.41) is 8.18. The maximum Gasteiger partial charge on any atom is 0.408 e. The Balaban J connectivity index is 2.10. The van der Waals surface area contributed by atoms with Crippen LogP contribution in [0.15, 0.2) is 38.4 Å². The van der Waals surface area contributed by atoms with E-state index in [0.29, 0.717) is 5.57 Å². The summed E-state index contributed by atoms with van der Waals surface area (Å²) in [6, 6.07) is 1.77. The van der Waals surface area contributed by atoms with Crippen molar-refractivity contribution in [2.45, 2.75) is 19.1 Å². The zero-order chi connectivity index (χ0) is 16.0. The minimum Gasteiger partial charge on any atom is -0.325 e. The second kappa shape index (κ2) is 5.18. The molecule has 5 nitrogen and oxygen atoms in total. The minimum atomic E-state index is -4.42. The summed E-state index contributed by atoms with van der Waals surface area (Å²) in [5.41, 5.74) is 0.458. The second-order valence-corrected chi connectivity index (χ2v) is 6.06. The van der Waals surface area contributed by atoms with Crippen LogP contribution < -0.4 is 5.32 Å². The van der Waals surface area contributed by atoms with Gasteiger partial charge in [-0.2, -0.15) is 23.2 Å². The number of thiophene rings is 1. The van der Waals surface area contributed by atoms with Gasteiger partial charge in [0.15, 0.2) is 6.34 Å². The third-order valence-electron chi connectivity index (χ3n) is 3.14. The Bertz CT molecular complexity index is 707. The fourth-order valence-corrected chi connectivity index (χ4v) is 2.95. The summed E-state index contributed by atoms with van der Waals surface area (Å²) < 4.78 is 37.9. The lowest BCUT2D eigenvalue weighted by Gasteiger charge is -2.27. The molecule has 0 radical (unpaired) electrons. The number of allylic oxidation sites excluding steroid dienone is 1. The highest BCUT2D eigenvalue weighted by atomic mass is 35.5. The summed E-state index contributed by atoms with van der Waals surface area (Å²) in [7, 11) is 0. The lowest BCUT2D eigenvalue weighted by Crippen LogP contribution is -2.50. The van der Waals surface area contributed by atoms with Gasteiger partial charge < -0.3 is 5.32 Å². The lowest BCUT2D eigenvalue weighted by atomic mass is 10.2. The molecule has 0 aliphatic carbocycles. The number of halogens is 4. The van der Waals surface area contributed by atoms with E-state index in [2.05, 4.69) is 20.4 Å². The van der Waals surface area contributed by atoms with Gasteiger partial charge in [0.2, 0.25) is 11.8 Å². The molecule has 2 atom stereocenters. The van der Waals surface area contributed by atoms with Gasteiger partial charge in [-0.05, 0) is 23.5 Å². The molecule has 1 aromatic heterocycles. The van der Waals surface area contributed by atoms with E-state index in [1.807, 2.05) is 5.38 Å². The number of aliphatic imine (C=N–C) groups is 2. The molecule has 10 heteroatoms. The average Bonchev–Trinajstić information content (AvgIpc) is 3.07. The largest absolute Gasteiger partial charge is 0.408 e. The number of fused-ring (bicyclic) bond motifs is 1. The molecule has 3 heterocycles. The highest BCUT2D eigenvalue weighted by molar-refractivity contribution is 7.11. The summed E-state index contributed by atoms with van der Waals surface area (Å²) in [4.78, 5) is 8.70. The Hall–Kier alpha value is -1.71. The van der Waals surface area contributed by atoms with Crippen molar-refractivity contribution in [2.24, 2.45) is 15.1 Å². The topological polar surface area (TPSA) is 49.1 Å². The van der Waals surface area contributed by atoms with Gasteiger partial charge in [-0.3, -0.25) is 0 Å². The van der Waals surface area contributed by atoms with Gasteiger partial charge >= 0.3 is 12.1 Å². The average molecular weight is 349 g/mol. The predicted molar refractivity (Wildman–Crippen MR) is 80.4 cm³/mol. The predicted octanol–water partition coefficient (Wildman–Crippen LogP) is 3.33. The molecular weight excluding hydrogens is 339 g/mol. The van der Waals surface area contributed by atoms with Crippen molar-refractivity contribution in [3.63, 3.8) is 0 Å². The maximum absolute atomic E-state index is 12.9. The summed E-state index contributed by atoms with van der Waals surface area (Å²) in [5.74, 6) is 0.176. The van der Waals surface area contributed by atoms with Gasteiger partial charge in [-0.15, -0.1) is 11.3 Å². The number of nitrogens with one attached hydrogen (secondary N) is 1. The molecule has 2 aliphatic heterocycles. The number of hydrogen-bond acceptors (Lipinski definition) is 5. The number of guanidine groups is 1. The first-order valence-electron chi connectivity index (χ1n) is 6.19. The number of rotatable bonds is 3. The van der Waals surface area contributed by atoms with Crippen molar-refractivity contribution >= 4 is 47.2 Å². The van der Waals surface area contributed by atoms with Crippen LogP contribution in [0.2, 0.25) is 0 Å². The molecule has 0 aromatic carbocycles. The van der Waals surface area contributed by atoms with Crippen molar-refractivity contribution in [2.75, 3.05) is 0 Å².